The summed E-state index contributed by atoms with van der Waals surface area (Å²) in [6.07, 6.45) is -1.90. The largest absolute Gasteiger partial charge is 0.375 e. The van der Waals surface area contributed by atoms with Crippen molar-refractivity contribution < 1.29 is 13.5 Å². The fourth-order valence-corrected chi connectivity index (χ4v) is 2.42. The van der Waals surface area contributed by atoms with Crippen LogP contribution in [0.5, 0.6) is 0 Å². The van der Waals surface area contributed by atoms with Crippen LogP contribution in [-0.2, 0) is 4.74 Å². The second-order valence-electron chi connectivity index (χ2n) is 4.88. The number of halogens is 2. The molecule has 0 aliphatic rings. The highest BCUT2D eigenvalue weighted by atomic mass is 19.3. The number of benzene rings is 2. The van der Waals surface area contributed by atoms with E-state index in [4.69, 9.17) is 10.5 Å². The Morgan fingerprint density at radius 2 is 1.90 bits per heavy atom. The lowest BCUT2D eigenvalue weighted by Gasteiger charge is -2.17. The number of hydrogen-bond acceptors (Lipinski definition) is 2. The van der Waals surface area contributed by atoms with Crippen LogP contribution in [0.3, 0.4) is 0 Å². The van der Waals surface area contributed by atoms with Crippen molar-refractivity contribution in [1.82, 2.24) is 0 Å². The van der Waals surface area contributed by atoms with E-state index in [0.717, 1.165) is 21.9 Å². The first kappa shape index (κ1) is 14.9. The third kappa shape index (κ3) is 3.52. The molecule has 0 saturated carbocycles. The molecule has 20 heavy (non-hydrogen) atoms. The molecule has 0 fully saturated rings. The molecule has 4 heteroatoms. The molecule has 0 amide bonds. The van der Waals surface area contributed by atoms with E-state index in [1.807, 2.05) is 37.3 Å². The maximum atomic E-state index is 12.0. The van der Waals surface area contributed by atoms with Crippen LogP contribution < -0.4 is 5.73 Å². The molecule has 0 spiro atoms. The smallest absolute Gasteiger partial charge is 0.261 e. The molecule has 0 saturated heterocycles. The first-order valence-corrected chi connectivity index (χ1v) is 6.69. The lowest BCUT2D eigenvalue weighted by molar-refractivity contribution is 0.0152. The molecule has 1 atom stereocenters. The summed E-state index contributed by atoms with van der Waals surface area (Å²) in [7, 11) is 0. The van der Waals surface area contributed by atoms with E-state index in [1.165, 1.54) is 0 Å². The Balaban J connectivity index is 2.13. The summed E-state index contributed by atoms with van der Waals surface area (Å²) < 4.78 is 28.9. The Labute approximate surface area is 117 Å². The number of rotatable bonds is 6. The van der Waals surface area contributed by atoms with Gasteiger partial charge < -0.3 is 10.5 Å². The van der Waals surface area contributed by atoms with Crippen molar-refractivity contribution in [2.75, 3.05) is 13.2 Å². The lowest BCUT2D eigenvalue weighted by atomic mass is 9.93. The van der Waals surface area contributed by atoms with Gasteiger partial charge in [-0.3, -0.25) is 0 Å². The van der Waals surface area contributed by atoms with Crippen LogP contribution in [0.2, 0.25) is 0 Å². The summed E-state index contributed by atoms with van der Waals surface area (Å²) in [6.45, 7) is 1.73. The third-order valence-corrected chi connectivity index (χ3v) is 3.38. The molecule has 0 radical (unpaired) electrons. The Bertz CT molecular complexity index is 571. The average Bonchev–Trinajstić information content (AvgIpc) is 2.43. The van der Waals surface area contributed by atoms with Gasteiger partial charge in [0.2, 0.25) is 0 Å². The van der Waals surface area contributed by atoms with E-state index in [2.05, 4.69) is 6.07 Å². The molecule has 2 aromatic carbocycles. The molecule has 0 aliphatic carbocycles. The minimum Gasteiger partial charge on any atom is -0.375 e. The number of ether oxygens (including phenoxy) is 1. The molecule has 2 rings (SSSR count). The molecule has 0 aromatic heterocycles. The topological polar surface area (TPSA) is 35.2 Å². The van der Waals surface area contributed by atoms with Crippen LogP contribution in [0.25, 0.3) is 10.8 Å². The highest BCUT2D eigenvalue weighted by Gasteiger charge is 2.13. The van der Waals surface area contributed by atoms with Crippen molar-refractivity contribution in [3.8, 4) is 0 Å². The van der Waals surface area contributed by atoms with Gasteiger partial charge >= 0.3 is 0 Å². The highest BCUT2D eigenvalue weighted by molar-refractivity contribution is 5.87. The molecule has 0 bridgehead atoms. The maximum absolute atomic E-state index is 12.0. The van der Waals surface area contributed by atoms with E-state index in [1.54, 1.807) is 0 Å². The molecule has 108 valence electrons. The Morgan fingerprint density at radius 3 is 2.65 bits per heavy atom. The van der Waals surface area contributed by atoms with Gasteiger partial charge in [0.25, 0.3) is 6.43 Å². The summed E-state index contributed by atoms with van der Waals surface area (Å²) in [5.74, 6) is 0. The SMILES string of the molecule is Cc1ccc2ccccc2c1C(N)CCOCC(F)F. The molecule has 0 aliphatic heterocycles. The standard InChI is InChI=1S/C16H19F2NO/c1-11-6-7-12-4-2-3-5-13(12)16(11)14(19)8-9-20-10-15(17)18/h2-7,14-15H,8-10,19H2,1H3. The minimum atomic E-state index is -2.43. The van der Waals surface area contributed by atoms with Gasteiger partial charge in [-0.1, -0.05) is 36.4 Å². The highest BCUT2D eigenvalue weighted by Crippen LogP contribution is 2.28. The quantitative estimate of drug-likeness (QED) is 0.816. The van der Waals surface area contributed by atoms with Crippen molar-refractivity contribution in [3.05, 3.63) is 47.5 Å². The van der Waals surface area contributed by atoms with Crippen LogP contribution in [0.15, 0.2) is 36.4 Å². The van der Waals surface area contributed by atoms with Crippen molar-refractivity contribution in [2.45, 2.75) is 25.8 Å². The number of aryl methyl sites for hydroxylation is 1. The van der Waals surface area contributed by atoms with Gasteiger partial charge in [0.05, 0.1) is 0 Å². The lowest BCUT2D eigenvalue weighted by Crippen LogP contribution is -2.16. The summed E-state index contributed by atoms with van der Waals surface area (Å²) in [6, 6.07) is 11.9. The normalized spacial score (nSPS) is 13.1. The summed E-state index contributed by atoms with van der Waals surface area (Å²) in [5, 5.41) is 2.26. The number of hydrogen-bond donors (Lipinski definition) is 1. The second-order valence-corrected chi connectivity index (χ2v) is 4.88. The zero-order valence-corrected chi connectivity index (χ0v) is 11.5. The monoisotopic (exact) mass is 279 g/mol. The first-order chi connectivity index (χ1) is 9.59. The fourth-order valence-electron chi connectivity index (χ4n) is 2.42. The fraction of sp³-hybridized carbons (Fsp3) is 0.375. The predicted octanol–water partition coefficient (Wildman–Crippen LogP) is 3.82. The Hall–Kier alpha value is -1.52. The molecular formula is C16H19F2NO. The van der Waals surface area contributed by atoms with Gasteiger partial charge in [-0.25, -0.2) is 8.78 Å². The van der Waals surface area contributed by atoms with Gasteiger partial charge in [0, 0.05) is 12.6 Å². The zero-order chi connectivity index (χ0) is 14.5. The van der Waals surface area contributed by atoms with Gasteiger partial charge in [-0.05, 0) is 35.2 Å². The van der Waals surface area contributed by atoms with Gasteiger partial charge in [0.1, 0.15) is 6.61 Å². The molecule has 2 aromatic rings. The van der Waals surface area contributed by atoms with Gasteiger partial charge in [-0.15, -0.1) is 0 Å². The summed E-state index contributed by atoms with van der Waals surface area (Å²) in [4.78, 5) is 0. The number of fused-ring (bicyclic) bond motifs is 1. The minimum absolute atomic E-state index is 0.209. The molecule has 0 heterocycles. The predicted molar refractivity (Wildman–Crippen MR) is 77.1 cm³/mol. The number of alkyl halides is 2. The summed E-state index contributed by atoms with van der Waals surface area (Å²) >= 11 is 0. The van der Waals surface area contributed by atoms with Crippen molar-refractivity contribution in [3.63, 3.8) is 0 Å². The maximum Gasteiger partial charge on any atom is 0.261 e. The van der Waals surface area contributed by atoms with E-state index >= 15 is 0 Å². The first-order valence-electron chi connectivity index (χ1n) is 6.69. The van der Waals surface area contributed by atoms with Gasteiger partial charge in [-0.2, -0.15) is 0 Å². The van der Waals surface area contributed by atoms with E-state index < -0.39 is 13.0 Å². The third-order valence-electron chi connectivity index (χ3n) is 3.38. The second kappa shape index (κ2) is 6.77. The van der Waals surface area contributed by atoms with Crippen LogP contribution in [0.1, 0.15) is 23.6 Å². The molecule has 2 nitrogen and oxygen atoms in total. The van der Waals surface area contributed by atoms with Crippen molar-refractivity contribution >= 4 is 10.8 Å². The Kier molecular flexibility index (Phi) is 5.04. The molecule has 1 unspecified atom stereocenters. The van der Waals surface area contributed by atoms with Gasteiger partial charge in [0.15, 0.2) is 0 Å². The zero-order valence-electron chi connectivity index (χ0n) is 11.5. The molecule has 2 N–H and O–H groups in total. The van der Waals surface area contributed by atoms with E-state index in [-0.39, 0.29) is 12.6 Å². The number of nitrogens with two attached hydrogens (primary N) is 1. The van der Waals surface area contributed by atoms with Crippen LogP contribution in [-0.4, -0.2) is 19.6 Å². The molecular weight excluding hydrogens is 260 g/mol. The van der Waals surface area contributed by atoms with Crippen molar-refractivity contribution in [1.29, 1.82) is 0 Å². The summed E-state index contributed by atoms with van der Waals surface area (Å²) in [5.41, 5.74) is 8.40. The van der Waals surface area contributed by atoms with E-state index in [9.17, 15) is 8.78 Å². The Morgan fingerprint density at radius 1 is 1.15 bits per heavy atom. The van der Waals surface area contributed by atoms with Crippen LogP contribution in [0, 0.1) is 6.92 Å². The average molecular weight is 279 g/mol. The van der Waals surface area contributed by atoms with Crippen molar-refractivity contribution in [2.24, 2.45) is 5.73 Å². The van der Waals surface area contributed by atoms with Crippen LogP contribution >= 0.6 is 0 Å². The van der Waals surface area contributed by atoms with E-state index in [0.29, 0.717) is 6.42 Å². The van der Waals surface area contributed by atoms with Crippen LogP contribution in [0.4, 0.5) is 8.78 Å².